The molecule has 0 radical (unpaired) electrons. The number of benzene rings is 2. The Hall–Kier alpha value is -2.97. The fourth-order valence-corrected chi connectivity index (χ4v) is 4.15. The lowest BCUT2D eigenvalue weighted by Crippen LogP contribution is -2.18. The first-order valence-electron chi connectivity index (χ1n) is 9.74. The summed E-state index contributed by atoms with van der Waals surface area (Å²) in [6, 6.07) is 17.7. The number of aromatic nitrogens is 3. The molecule has 0 unspecified atom stereocenters. The van der Waals surface area contributed by atoms with Crippen molar-refractivity contribution in [2.75, 3.05) is 5.32 Å². The van der Waals surface area contributed by atoms with Gasteiger partial charge < -0.3 is 10.1 Å². The van der Waals surface area contributed by atoms with Crippen molar-refractivity contribution in [3.8, 4) is 5.75 Å². The van der Waals surface area contributed by atoms with E-state index in [4.69, 9.17) is 4.74 Å². The average Bonchev–Trinajstić information content (AvgIpc) is 3.37. The van der Waals surface area contributed by atoms with Gasteiger partial charge >= 0.3 is 0 Å². The summed E-state index contributed by atoms with van der Waals surface area (Å²) in [6.45, 7) is 2.99. The lowest BCUT2D eigenvalue weighted by Gasteiger charge is -2.09. The highest BCUT2D eigenvalue weighted by molar-refractivity contribution is 9.10. The molecule has 0 aliphatic carbocycles. The van der Waals surface area contributed by atoms with Crippen molar-refractivity contribution in [1.82, 2.24) is 14.8 Å². The second-order valence-electron chi connectivity index (χ2n) is 7.06. The zero-order valence-electron chi connectivity index (χ0n) is 16.9. The van der Waals surface area contributed by atoms with E-state index >= 15 is 0 Å². The van der Waals surface area contributed by atoms with E-state index in [9.17, 15) is 4.79 Å². The Bertz CT molecular complexity index is 1170. The van der Waals surface area contributed by atoms with Crippen LogP contribution in [0.25, 0.3) is 0 Å². The Morgan fingerprint density at radius 1 is 1.19 bits per heavy atom. The van der Waals surface area contributed by atoms with Crippen LogP contribution in [0.5, 0.6) is 5.75 Å². The SMILES string of the molecule is Cc1ccc(OCc2nc(CC(=O)Nc3ccnn3Cc3cccc(Br)c3)cs2)cc1. The molecular formula is C23H21BrN4O2S. The molecule has 31 heavy (non-hydrogen) atoms. The molecule has 1 N–H and O–H groups in total. The normalized spacial score (nSPS) is 10.8. The summed E-state index contributed by atoms with van der Waals surface area (Å²) in [4.78, 5) is 17.0. The minimum absolute atomic E-state index is 0.132. The summed E-state index contributed by atoms with van der Waals surface area (Å²) in [5.74, 6) is 1.33. The number of halogens is 1. The molecule has 2 aromatic heterocycles. The van der Waals surface area contributed by atoms with Gasteiger partial charge in [-0.2, -0.15) is 5.10 Å². The minimum Gasteiger partial charge on any atom is -0.486 e. The molecule has 0 aliphatic rings. The van der Waals surface area contributed by atoms with Crippen LogP contribution < -0.4 is 10.1 Å². The van der Waals surface area contributed by atoms with E-state index in [1.165, 1.54) is 16.9 Å². The molecule has 0 aliphatic heterocycles. The number of aryl methyl sites for hydroxylation is 1. The van der Waals surface area contributed by atoms with Crippen molar-refractivity contribution in [3.63, 3.8) is 0 Å². The van der Waals surface area contributed by atoms with Gasteiger partial charge in [-0.3, -0.25) is 4.79 Å². The number of ether oxygens (including phenoxy) is 1. The van der Waals surface area contributed by atoms with Crippen LogP contribution in [0.15, 0.2) is 70.6 Å². The van der Waals surface area contributed by atoms with Crippen LogP contribution in [-0.4, -0.2) is 20.7 Å². The molecule has 158 valence electrons. The Balaban J connectivity index is 1.31. The van der Waals surface area contributed by atoms with Crippen molar-refractivity contribution in [2.45, 2.75) is 26.5 Å². The van der Waals surface area contributed by atoms with Crippen LogP contribution in [0.2, 0.25) is 0 Å². The van der Waals surface area contributed by atoms with E-state index in [-0.39, 0.29) is 12.3 Å². The summed E-state index contributed by atoms with van der Waals surface area (Å²) in [6.07, 6.45) is 1.88. The molecule has 2 heterocycles. The highest BCUT2D eigenvalue weighted by Crippen LogP contribution is 2.18. The summed E-state index contributed by atoms with van der Waals surface area (Å²) in [5.41, 5.74) is 3.00. The zero-order chi connectivity index (χ0) is 21.6. The summed E-state index contributed by atoms with van der Waals surface area (Å²) >= 11 is 4.97. The maximum absolute atomic E-state index is 12.5. The molecule has 0 atom stereocenters. The minimum atomic E-state index is -0.132. The lowest BCUT2D eigenvalue weighted by molar-refractivity contribution is -0.115. The molecule has 4 rings (SSSR count). The van der Waals surface area contributed by atoms with Gasteiger partial charge in [0.05, 0.1) is 24.9 Å². The first kappa shape index (κ1) is 21.3. The van der Waals surface area contributed by atoms with Crippen molar-refractivity contribution < 1.29 is 9.53 Å². The number of rotatable bonds is 8. The topological polar surface area (TPSA) is 69.0 Å². The molecule has 0 saturated heterocycles. The fraction of sp³-hybridized carbons (Fsp3) is 0.174. The van der Waals surface area contributed by atoms with Crippen LogP contribution in [0, 0.1) is 6.92 Å². The Labute approximate surface area is 193 Å². The van der Waals surface area contributed by atoms with Gasteiger partial charge in [-0.05, 0) is 36.8 Å². The largest absolute Gasteiger partial charge is 0.486 e. The first-order chi connectivity index (χ1) is 15.0. The first-order valence-corrected chi connectivity index (χ1v) is 11.4. The zero-order valence-corrected chi connectivity index (χ0v) is 19.3. The van der Waals surface area contributed by atoms with Gasteiger partial charge in [0.15, 0.2) is 0 Å². The van der Waals surface area contributed by atoms with Crippen LogP contribution in [0.4, 0.5) is 5.82 Å². The third kappa shape index (κ3) is 6.02. The molecule has 8 heteroatoms. The monoisotopic (exact) mass is 496 g/mol. The van der Waals surface area contributed by atoms with E-state index in [2.05, 4.69) is 31.3 Å². The molecule has 2 aromatic carbocycles. The van der Waals surface area contributed by atoms with Gasteiger partial charge in [-0.25, -0.2) is 9.67 Å². The molecule has 6 nitrogen and oxygen atoms in total. The van der Waals surface area contributed by atoms with Crippen LogP contribution in [-0.2, 0) is 24.4 Å². The molecule has 0 fully saturated rings. The standard InChI is InChI=1S/C23H21BrN4O2S/c1-16-5-7-20(8-6-16)30-14-23-26-19(15-31-23)12-22(29)27-21-9-10-25-28(21)13-17-3-2-4-18(24)11-17/h2-11,15H,12-14H2,1H3,(H,27,29). The molecule has 0 bridgehead atoms. The molecule has 0 saturated carbocycles. The number of anilines is 1. The lowest BCUT2D eigenvalue weighted by atomic mass is 10.2. The molecular weight excluding hydrogens is 476 g/mol. The van der Waals surface area contributed by atoms with Gasteiger partial charge in [-0.15, -0.1) is 11.3 Å². The number of nitrogens with zero attached hydrogens (tertiary/aromatic N) is 3. The van der Waals surface area contributed by atoms with Gasteiger partial charge in [0, 0.05) is 15.9 Å². The Kier molecular flexibility index (Phi) is 6.79. The van der Waals surface area contributed by atoms with Crippen LogP contribution in [0.1, 0.15) is 21.8 Å². The number of hydrogen-bond acceptors (Lipinski definition) is 5. The van der Waals surface area contributed by atoms with Gasteiger partial charge in [0.25, 0.3) is 0 Å². The second-order valence-corrected chi connectivity index (χ2v) is 8.92. The summed E-state index contributed by atoms with van der Waals surface area (Å²) in [7, 11) is 0. The summed E-state index contributed by atoms with van der Waals surface area (Å²) in [5, 5.41) is 9.98. The number of nitrogens with one attached hydrogen (secondary N) is 1. The predicted molar refractivity (Wildman–Crippen MR) is 125 cm³/mol. The fourth-order valence-electron chi connectivity index (χ4n) is 3.00. The van der Waals surface area contributed by atoms with Crippen LogP contribution >= 0.6 is 27.3 Å². The predicted octanol–water partition coefficient (Wildman–Crippen LogP) is 5.22. The van der Waals surface area contributed by atoms with Gasteiger partial charge in [-0.1, -0.05) is 45.8 Å². The van der Waals surface area contributed by atoms with Crippen molar-refractivity contribution in [1.29, 1.82) is 0 Å². The molecule has 1 amide bonds. The number of carbonyl (C=O) groups is 1. The van der Waals surface area contributed by atoms with E-state index in [0.29, 0.717) is 19.0 Å². The number of thiazole rings is 1. The number of carbonyl (C=O) groups excluding carboxylic acids is 1. The highest BCUT2D eigenvalue weighted by Gasteiger charge is 2.12. The van der Waals surface area contributed by atoms with E-state index in [0.717, 1.165) is 26.5 Å². The van der Waals surface area contributed by atoms with Crippen molar-refractivity contribution in [3.05, 3.63) is 92.5 Å². The highest BCUT2D eigenvalue weighted by atomic mass is 79.9. The average molecular weight is 497 g/mol. The second kappa shape index (κ2) is 9.89. The third-order valence-corrected chi connectivity index (χ3v) is 5.89. The quantitative estimate of drug-likeness (QED) is 0.363. The number of amides is 1. The number of hydrogen-bond donors (Lipinski definition) is 1. The van der Waals surface area contributed by atoms with Crippen molar-refractivity contribution in [2.24, 2.45) is 0 Å². The Morgan fingerprint density at radius 3 is 2.84 bits per heavy atom. The van der Waals surface area contributed by atoms with Crippen LogP contribution in [0.3, 0.4) is 0 Å². The van der Waals surface area contributed by atoms with E-state index < -0.39 is 0 Å². The third-order valence-electron chi connectivity index (χ3n) is 4.53. The van der Waals surface area contributed by atoms with Gasteiger partial charge in [0.1, 0.15) is 23.2 Å². The van der Waals surface area contributed by atoms with E-state index in [1.54, 1.807) is 16.9 Å². The maximum Gasteiger partial charge on any atom is 0.231 e. The molecule has 0 spiro atoms. The van der Waals surface area contributed by atoms with Gasteiger partial charge in [0.2, 0.25) is 5.91 Å². The molecule has 4 aromatic rings. The smallest absolute Gasteiger partial charge is 0.231 e. The Morgan fingerprint density at radius 2 is 2.03 bits per heavy atom. The van der Waals surface area contributed by atoms with E-state index in [1.807, 2.05) is 60.8 Å². The van der Waals surface area contributed by atoms with Crippen molar-refractivity contribution >= 4 is 39.0 Å². The summed E-state index contributed by atoms with van der Waals surface area (Å²) < 4.78 is 8.54. The maximum atomic E-state index is 12.5.